The van der Waals surface area contributed by atoms with Crippen molar-refractivity contribution in [2.24, 2.45) is 0 Å². The van der Waals surface area contributed by atoms with Gasteiger partial charge in [0, 0.05) is 0 Å². The average molecular weight is 764 g/mol. The highest BCUT2D eigenvalue weighted by molar-refractivity contribution is 5.80. The molecule has 0 heterocycles. The van der Waals surface area contributed by atoms with Crippen LogP contribution in [0.1, 0.15) is 271 Å². The molecule has 0 radical (unpaired) electrons. The third-order valence-corrected chi connectivity index (χ3v) is 11.6. The van der Waals surface area contributed by atoms with E-state index in [0.29, 0.717) is 6.42 Å². The Bertz CT molecular complexity index is 758. The van der Waals surface area contributed by atoms with Gasteiger partial charge < -0.3 is 20.6 Å². The lowest BCUT2D eigenvalue weighted by molar-refractivity contribution is -0.131. The normalized spacial score (nSPS) is 13.5. The number of nitrogens with one attached hydrogen (secondary N) is 1. The second kappa shape index (κ2) is 44.8. The van der Waals surface area contributed by atoms with E-state index in [9.17, 15) is 20.1 Å². The van der Waals surface area contributed by atoms with Crippen molar-refractivity contribution < 1.29 is 20.1 Å². The molecule has 0 aliphatic rings. The van der Waals surface area contributed by atoms with Gasteiger partial charge in [-0.2, -0.15) is 0 Å². The second-order valence-corrected chi connectivity index (χ2v) is 17.0. The smallest absolute Gasteiger partial charge is 0.249 e. The molecule has 5 nitrogen and oxygen atoms in total. The largest absolute Gasteiger partial charge is 0.394 e. The fourth-order valence-corrected chi connectivity index (χ4v) is 7.78. The van der Waals surface area contributed by atoms with Crippen LogP contribution in [0.4, 0.5) is 0 Å². The molecule has 0 rings (SSSR count). The third kappa shape index (κ3) is 39.3. The van der Waals surface area contributed by atoms with Crippen molar-refractivity contribution in [1.82, 2.24) is 5.32 Å². The summed E-state index contributed by atoms with van der Waals surface area (Å²) in [4.78, 5) is 12.5. The van der Waals surface area contributed by atoms with E-state index in [-0.39, 0.29) is 6.61 Å². The summed E-state index contributed by atoms with van der Waals surface area (Å²) in [7, 11) is 0. The van der Waals surface area contributed by atoms with Crippen molar-refractivity contribution in [2.45, 2.75) is 289 Å². The lowest BCUT2D eigenvalue weighted by Crippen LogP contribution is -2.48. The topological polar surface area (TPSA) is 89.8 Å². The van der Waals surface area contributed by atoms with E-state index >= 15 is 0 Å². The summed E-state index contributed by atoms with van der Waals surface area (Å²) in [5.41, 5.74) is 0. The summed E-state index contributed by atoms with van der Waals surface area (Å²) in [5, 5.41) is 33.2. The van der Waals surface area contributed by atoms with E-state index in [1.807, 2.05) is 6.08 Å². The van der Waals surface area contributed by atoms with E-state index in [0.717, 1.165) is 32.1 Å². The maximum atomic E-state index is 12.5. The summed E-state index contributed by atoms with van der Waals surface area (Å²) < 4.78 is 0. The average Bonchev–Trinajstić information content (AvgIpc) is 3.18. The van der Waals surface area contributed by atoms with E-state index in [4.69, 9.17) is 0 Å². The highest BCUT2D eigenvalue weighted by Gasteiger charge is 2.22. The highest BCUT2D eigenvalue weighted by atomic mass is 16.3. The molecule has 0 aliphatic carbocycles. The molecule has 1 amide bonds. The molecule has 0 aromatic carbocycles. The maximum Gasteiger partial charge on any atom is 0.249 e. The Hall–Kier alpha value is -0.910. The minimum Gasteiger partial charge on any atom is -0.394 e. The SMILES string of the molecule is CCCCCCCCCCCCCCCCCCCCCCC/C=C/C(O)C(CO)NC(=O)C(O)CCCCCCCCCCCCCCCCCCC. The molecule has 0 aliphatic heterocycles. The lowest BCUT2D eigenvalue weighted by atomic mass is 10.0. The first-order chi connectivity index (χ1) is 26.6. The summed E-state index contributed by atoms with van der Waals surface area (Å²) in [6, 6.07) is -0.793. The third-order valence-electron chi connectivity index (χ3n) is 11.6. The number of carbonyl (C=O) groups excluding carboxylic acids is 1. The number of hydrogen-bond acceptors (Lipinski definition) is 4. The number of rotatable bonds is 45. The predicted octanol–water partition coefficient (Wildman–Crippen LogP) is 14.4. The highest BCUT2D eigenvalue weighted by Crippen LogP contribution is 2.17. The van der Waals surface area contributed by atoms with Crippen LogP contribution in [0.5, 0.6) is 0 Å². The van der Waals surface area contributed by atoms with Crippen LogP contribution >= 0.6 is 0 Å². The fourth-order valence-electron chi connectivity index (χ4n) is 7.78. The summed E-state index contributed by atoms with van der Waals surface area (Å²) in [6.07, 6.45) is 54.0. The first-order valence-electron chi connectivity index (χ1n) is 24.5. The molecule has 0 aromatic rings. The van der Waals surface area contributed by atoms with Crippen LogP contribution in [0.3, 0.4) is 0 Å². The first-order valence-corrected chi connectivity index (χ1v) is 24.5. The van der Waals surface area contributed by atoms with E-state index in [1.165, 1.54) is 218 Å². The van der Waals surface area contributed by atoms with Gasteiger partial charge in [-0.25, -0.2) is 0 Å². The standard InChI is InChI=1S/C49H97NO4/c1-3-5-7-9-11-13-15-17-19-21-22-23-24-25-26-28-29-31-33-35-37-39-41-43-47(52)46(45-51)50-49(54)48(53)44-42-40-38-36-34-32-30-27-20-18-16-14-12-10-8-6-4-2/h41,43,46-48,51-53H,3-40,42,44-45H2,1-2H3,(H,50,54)/b43-41+. The van der Waals surface area contributed by atoms with Crippen LogP contribution in [0.15, 0.2) is 12.2 Å². The van der Waals surface area contributed by atoms with Crippen LogP contribution in [0.25, 0.3) is 0 Å². The van der Waals surface area contributed by atoms with Crippen LogP contribution in [-0.2, 0) is 4.79 Å². The number of amides is 1. The quantitative estimate of drug-likeness (QED) is 0.0367. The molecule has 5 heteroatoms. The Balaban J connectivity index is 3.59. The van der Waals surface area contributed by atoms with E-state index < -0.39 is 24.2 Å². The van der Waals surface area contributed by atoms with Crippen LogP contribution in [0.2, 0.25) is 0 Å². The van der Waals surface area contributed by atoms with Crippen molar-refractivity contribution in [2.75, 3.05) is 6.61 Å². The molecule has 322 valence electrons. The molecule has 3 unspecified atom stereocenters. The molecule has 0 bridgehead atoms. The number of aliphatic hydroxyl groups is 3. The second-order valence-electron chi connectivity index (χ2n) is 17.0. The molecule has 0 spiro atoms. The first kappa shape index (κ1) is 53.1. The molecule has 0 saturated heterocycles. The zero-order valence-electron chi connectivity index (χ0n) is 36.6. The van der Waals surface area contributed by atoms with Gasteiger partial charge in [0.15, 0.2) is 0 Å². The maximum absolute atomic E-state index is 12.5. The lowest BCUT2D eigenvalue weighted by Gasteiger charge is -2.21. The zero-order valence-corrected chi connectivity index (χ0v) is 36.6. The molecule has 0 aromatic heterocycles. The van der Waals surface area contributed by atoms with Crippen molar-refractivity contribution in [1.29, 1.82) is 0 Å². The van der Waals surface area contributed by atoms with Gasteiger partial charge >= 0.3 is 0 Å². The number of allylic oxidation sites excluding steroid dienone is 1. The Kier molecular flexibility index (Phi) is 44.0. The van der Waals surface area contributed by atoms with Gasteiger partial charge in [-0.3, -0.25) is 4.79 Å². The van der Waals surface area contributed by atoms with Crippen LogP contribution in [-0.4, -0.2) is 46.1 Å². The van der Waals surface area contributed by atoms with Gasteiger partial charge in [-0.1, -0.05) is 264 Å². The van der Waals surface area contributed by atoms with Crippen molar-refractivity contribution in [3.8, 4) is 0 Å². The summed E-state index contributed by atoms with van der Waals surface area (Å²) >= 11 is 0. The number of carbonyl (C=O) groups is 1. The van der Waals surface area contributed by atoms with Gasteiger partial charge in [0.25, 0.3) is 0 Å². The molecule has 0 fully saturated rings. The summed E-state index contributed by atoms with van der Waals surface area (Å²) in [5.74, 6) is -0.498. The zero-order chi connectivity index (χ0) is 39.4. The van der Waals surface area contributed by atoms with E-state index in [2.05, 4.69) is 19.2 Å². The van der Waals surface area contributed by atoms with Gasteiger partial charge in [0.1, 0.15) is 6.10 Å². The van der Waals surface area contributed by atoms with E-state index in [1.54, 1.807) is 6.08 Å². The Morgan fingerprint density at radius 3 is 1.02 bits per heavy atom. The molecular formula is C49H97NO4. The number of aliphatic hydroxyl groups excluding tert-OH is 3. The fraction of sp³-hybridized carbons (Fsp3) is 0.939. The van der Waals surface area contributed by atoms with Crippen molar-refractivity contribution >= 4 is 5.91 Å². The van der Waals surface area contributed by atoms with Gasteiger partial charge in [0.05, 0.1) is 18.8 Å². The van der Waals surface area contributed by atoms with Gasteiger partial charge in [-0.05, 0) is 19.3 Å². The van der Waals surface area contributed by atoms with Crippen molar-refractivity contribution in [3.05, 3.63) is 12.2 Å². The molecule has 3 atom stereocenters. The Labute approximate surface area is 338 Å². The Morgan fingerprint density at radius 2 is 0.722 bits per heavy atom. The van der Waals surface area contributed by atoms with Crippen LogP contribution < -0.4 is 5.32 Å². The molecule has 0 saturated carbocycles. The minimum atomic E-state index is -1.09. The molecule has 4 N–H and O–H groups in total. The Morgan fingerprint density at radius 1 is 0.444 bits per heavy atom. The molecular weight excluding hydrogens is 667 g/mol. The predicted molar refractivity (Wildman–Crippen MR) is 236 cm³/mol. The van der Waals surface area contributed by atoms with Gasteiger partial charge in [0.2, 0.25) is 5.91 Å². The molecule has 54 heavy (non-hydrogen) atoms. The summed E-state index contributed by atoms with van der Waals surface area (Å²) in [6.45, 7) is 4.21. The monoisotopic (exact) mass is 764 g/mol. The van der Waals surface area contributed by atoms with Gasteiger partial charge in [-0.15, -0.1) is 0 Å². The number of hydrogen-bond donors (Lipinski definition) is 4. The number of unbranched alkanes of at least 4 members (excludes halogenated alkanes) is 37. The minimum absolute atomic E-state index is 0.359. The van der Waals surface area contributed by atoms with Crippen molar-refractivity contribution in [3.63, 3.8) is 0 Å². The van der Waals surface area contributed by atoms with Crippen LogP contribution in [0, 0.1) is 0 Å².